The van der Waals surface area contributed by atoms with Gasteiger partial charge in [-0.1, -0.05) is 13.8 Å². The standard InChI is InChI=1S/C28H37Br2O9P/c1-17(2)20-13-19(9-10-23(20)31)39-24-21(29)11-18(12-22(24)30)14-40(34,37-15-35-25(32)27(3,4)5)38-16-36-26(33)28(6,7)8/h9-13,17,31H,14-16H2,1-8H3. The number of hydrogen-bond donors (Lipinski definition) is 1. The molecule has 2 aromatic carbocycles. The Labute approximate surface area is 252 Å². The van der Waals surface area contributed by atoms with E-state index in [1.54, 1.807) is 71.9 Å². The van der Waals surface area contributed by atoms with Crippen LogP contribution in [0.5, 0.6) is 17.2 Å². The smallest absolute Gasteiger partial charge is 0.340 e. The normalized spacial score (nSPS) is 12.4. The molecular formula is C28H37Br2O9P. The Bertz CT molecular complexity index is 1200. The van der Waals surface area contributed by atoms with Crippen LogP contribution in [0, 0.1) is 10.8 Å². The van der Waals surface area contributed by atoms with Crippen molar-refractivity contribution in [3.63, 3.8) is 0 Å². The lowest BCUT2D eigenvalue weighted by Gasteiger charge is -2.22. The van der Waals surface area contributed by atoms with E-state index >= 15 is 0 Å². The quantitative estimate of drug-likeness (QED) is 0.139. The molecule has 0 aromatic heterocycles. The maximum absolute atomic E-state index is 13.7. The zero-order valence-electron chi connectivity index (χ0n) is 24.0. The highest BCUT2D eigenvalue weighted by Crippen LogP contribution is 2.53. The SMILES string of the molecule is CC(C)c1cc(Oc2c(Br)cc(CP(=O)(OCOC(=O)C(C)(C)C)OCOC(=O)C(C)(C)C)cc2Br)ccc1O. The van der Waals surface area contributed by atoms with Gasteiger partial charge in [0.25, 0.3) is 0 Å². The number of rotatable bonds is 11. The molecule has 0 atom stereocenters. The van der Waals surface area contributed by atoms with Gasteiger partial charge in [-0.15, -0.1) is 0 Å². The van der Waals surface area contributed by atoms with Crippen LogP contribution in [-0.2, 0) is 38.8 Å². The van der Waals surface area contributed by atoms with E-state index in [9.17, 15) is 19.3 Å². The predicted octanol–water partition coefficient (Wildman–Crippen LogP) is 8.65. The van der Waals surface area contributed by atoms with Gasteiger partial charge in [0, 0.05) is 5.56 Å². The highest BCUT2D eigenvalue weighted by atomic mass is 79.9. The number of carbonyl (C=O) groups excluding carboxylic acids is 2. The van der Waals surface area contributed by atoms with Crippen molar-refractivity contribution in [1.82, 2.24) is 0 Å². The van der Waals surface area contributed by atoms with E-state index in [0.717, 1.165) is 5.56 Å². The van der Waals surface area contributed by atoms with Gasteiger partial charge in [-0.2, -0.15) is 0 Å². The Kier molecular flexibility index (Phi) is 11.9. The molecular weight excluding hydrogens is 671 g/mol. The molecule has 0 saturated carbocycles. The summed E-state index contributed by atoms with van der Waals surface area (Å²) in [7, 11) is -3.97. The van der Waals surface area contributed by atoms with Gasteiger partial charge in [-0.25, -0.2) is 0 Å². The molecule has 0 saturated heterocycles. The second kappa shape index (κ2) is 13.8. The van der Waals surface area contributed by atoms with Gasteiger partial charge in [0.1, 0.15) is 11.5 Å². The lowest BCUT2D eigenvalue weighted by atomic mass is 9.98. The zero-order chi connectivity index (χ0) is 30.5. The van der Waals surface area contributed by atoms with Crippen molar-refractivity contribution in [3.8, 4) is 17.2 Å². The third kappa shape index (κ3) is 10.2. The van der Waals surface area contributed by atoms with Crippen molar-refractivity contribution in [2.45, 2.75) is 67.5 Å². The van der Waals surface area contributed by atoms with Crippen LogP contribution in [0.3, 0.4) is 0 Å². The summed E-state index contributed by atoms with van der Waals surface area (Å²) in [6.45, 7) is 12.8. The molecule has 0 aliphatic carbocycles. The highest BCUT2D eigenvalue weighted by molar-refractivity contribution is 9.11. The van der Waals surface area contributed by atoms with Gasteiger partial charge in [-0.3, -0.25) is 23.2 Å². The first-order valence-electron chi connectivity index (χ1n) is 12.5. The molecule has 0 bridgehead atoms. The predicted molar refractivity (Wildman–Crippen MR) is 158 cm³/mol. The molecule has 0 fully saturated rings. The second-order valence-electron chi connectivity index (χ2n) is 11.5. The molecule has 0 aliphatic rings. The van der Waals surface area contributed by atoms with E-state index < -0.39 is 44.0 Å². The molecule has 12 heteroatoms. The van der Waals surface area contributed by atoms with Crippen molar-refractivity contribution >= 4 is 51.4 Å². The van der Waals surface area contributed by atoms with Crippen LogP contribution < -0.4 is 4.74 Å². The van der Waals surface area contributed by atoms with Gasteiger partial charge in [0.2, 0.25) is 13.6 Å². The molecule has 1 N–H and O–H groups in total. The lowest BCUT2D eigenvalue weighted by Crippen LogP contribution is -2.24. The van der Waals surface area contributed by atoms with E-state index in [1.165, 1.54) is 0 Å². The Morgan fingerprint density at radius 3 is 1.77 bits per heavy atom. The first-order chi connectivity index (χ1) is 18.3. The van der Waals surface area contributed by atoms with Crippen LogP contribution in [-0.4, -0.2) is 30.6 Å². The molecule has 0 heterocycles. The van der Waals surface area contributed by atoms with Crippen LogP contribution in [0.25, 0.3) is 0 Å². The molecule has 0 unspecified atom stereocenters. The zero-order valence-corrected chi connectivity index (χ0v) is 28.1. The fraction of sp³-hybridized carbons (Fsp3) is 0.500. The van der Waals surface area contributed by atoms with Crippen molar-refractivity contribution in [3.05, 3.63) is 50.4 Å². The van der Waals surface area contributed by atoms with Gasteiger partial charge in [0.15, 0.2) is 5.75 Å². The maximum atomic E-state index is 13.7. The summed E-state index contributed by atoms with van der Waals surface area (Å²) in [6.07, 6.45) is -0.221. The van der Waals surface area contributed by atoms with Gasteiger partial charge in [-0.05, 0) is 115 Å². The summed E-state index contributed by atoms with van der Waals surface area (Å²) >= 11 is 7.00. The van der Waals surface area contributed by atoms with Crippen molar-refractivity contribution < 1.29 is 42.5 Å². The summed E-state index contributed by atoms with van der Waals surface area (Å²) < 4.78 is 41.9. The molecule has 0 aliphatic heterocycles. The Morgan fingerprint density at radius 1 is 0.875 bits per heavy atom. The fourth-order valence-corrected chi connectivity index (χ4v) is 5.84. The van der Waals surface area contributed by atoms with Gasteiger partial charge in [0.05, 0.1) is 25.9 Å². The molecule has 0 amide bonds. The maximum Gasteiger partial charge on any atom is 0.340 e. The first kappa shape index (κ1) is 34.3. The van der Waals surface area contributed by atoms with E-state index in [1.807, 2.05) is 13.8 Å². The number of hydrogen-bond acceptors (Lipinski definition) is 9. The highest BCUT2D eigenvalue weighted by Gasteiger charge is 2.31. The fourth-order valence-electron chi connectivity index (χ4n) is 3.08. The number of phenolic OH excluding ortho intramolecular Hbond substituents is 1. The molecule has 0 radical (unpaired) electrons. The minimum atomic E-state index is -3.97. The molecule has 0 spiro atoms. The first-order valence-corrected chi connectivity index (χ1v) is 15.8. The monoisotopic (exact) mass is 706 g/mol. The minimum absolute atomic E-state index is 0.0947. The molecule has 2 rings (SSSR count). The Balaban J connectivity index is 2.25. The van der Waals surface area contributed by atoms with Gasteiger partial charge >= 0.3 is 19.5 Å². The molecule has 222 valence electrons. The number of ether oxygens (including phenoxy) is 3. The third-order valence-electron chi connectivity index (χ3n) is 5.38. The van der Waals surface area contributed by atoms with E-state index in [4.69, 9.17) is 23.3 Å². The van der Waals surface area contributed by atoms with Crippen LogP contribution >= 0.6 is 39.5 Å². The molecule has 40 heavy (non-hydrogen) atoms. The Morgan fingerprint density at radius 2 is 1.35 bits per heavy atom. The van der Waals surface area contributed by atoms with Gasteiger partial charge < -0.3 is 19.3 Å². The van der Waals surface area contributed by atoms with E-state index in [2.05, 4.69) is 31.9 Å². The third-order valence-corrected chi connectivity index (χ3v) is 8.31. The summed E-state index contributed by atoms with van der Waals surface area (Å²) in [5.74, 6) is 0.179. The summed E-state index contributed by atoms with van der Waals surface area (Å²) in [6, 6.07) is 8.37. The largest absolute Gasteiger partial charge is 0.508 e. The lowest BCUT2D eigenvalue weighted by molar-refractivity contribution is -0.162. The number of benzene rings is 2. The number of halogens is 2. The van der Waals surface area contributed by atoms with Crippen molar-refractivity contribution in [2.24, 2.45) is 10.8 Å². The number of carbonyl (C=O) groups is 2. The van der Waals surface area contributed by atoms with E-state index in [0.29, 0.717) is 26.0 Å². The van der Waals surface area contributed by atoms with Crippen molar-refractivity contribution in [1.29, 1.82) is 0 Å². The summed E-state index contributed by atoms with van der Waals surface area (Å²) in [5.41, 5.74) is -0.284. The average molecular weight is 708 g/mol. The molecule has 2 aromatic rings. The molecule has 9 nitrogen and oxygen atoms in total. The number of esters is 2. The second-order valence-corrected chi connectivity index (χ2v) is 15.3. The van der Waals surface area contributed by atoms with Crippen LogP contribution in [0.4, 0.5) is 0 Å². The summed E-state index contributed by atoms with van der Waals surface area (Å²) in [5, 5.41) is 10.1. The topological polar surface area (TPSA) is 118 Å². The van der Waals surface area contributed by atoms with Crippen LogP contribution in [0.2, 0.25) is 0 Å². The number of phenols is 1. The average Bonchev–Trinajstić information content (AvgIpc) is 2.80. The van der Waals surface area contributed by atoms with Crippen molar-refractivity contribution in [2.75, 3.05) is 13.6 Å². The van der Waals surface area contributed by atoms with Crippen LogP contribution in [0.15, 0.2) is 39.3 Å². The van der Waals surface area contributed by atoms with E-state index in [-0.39, 0.29) is 17.8 Å². The number of aromatic hydroxyl groups is 1. The Hall–Kier alpha value is -1.91. The van der Waals surface area contributed by atoms with Crippen LogP contribution in [0.1, 0.15) is 72.4 Å². The minimum Gasteiger partial charge on any atom is -0.508 e. The summed E-state index contributed by atoms with van der Waals surface area (Å²) in [4.78, 5) is 24.3.